The van der Waals surface area contributed by atoms with E-state index in [-0.39, 0.29) is 0 Å². The minimum atomic E-state index is -0.410. The topological polar surface area (TPSA) is 96.7 Å². The number of nitrogens with zero attached hydrogens (tertiary/aromatic N) is 3. The van der Waals surface area contributed by atoms with Gasteiger partial charge in [-0.15, -0.1) is 5.10 Å². The second-order valence-corrected chi connectivity index (χ2v) is 7.46. The fraction of sp³-hybridized carbons (Fsp3) is 0.192. The second-order valence-electron chi connectivity index (χ2n) is 7.46. The molecule has 3 aromatic carbocycles. The second kappa shape index (κ2) is 10.6. The molecule has 0 spiro atoms. The van der Waals surface area contributed by atoms with Gasteiger partial charge in [-0.3, -0.25) is 4.79 Å². The predicted molar refractivity (Wildman–Crippen MR) is 132 cm³/mol. The molecule has 9 heteroatoms. The number of hydrogen-bond donors (Lipinski definition) is 1. The molecule has 35 heavy (non-hydrogen) atoms. The molecule has 0 unspecified atom stereocenters. The lowest BCUT2D eigenvalue weighted by atomic mass is 10.1. The molecular formula is C26H26N4O5. The third-order valence-electron chi connectivity index (χ3n) is 5.35. The average molecular weight is 475 g/mol. The van der Waals surface area contributed by atoms with Crippen LogP contribution in [0.15, 0.2) is 66.7 Å². The van der Waals surface area contributed by atoms with Gasteiger partial charge in [-0.2, -0.15) is 9.67 Å². The Bertz CT molecular complexity index is 1280. The summed E-state index contributed by atoms with van der Waals surface area (Å²) in [5, 5.41) is 7.75. The molecule has 0 fully saturated rings. The van der Waals surface area contributed by atoms with Gasteiger partial charge >= 0.3 is 0 Å². The van der Waals surface area contributed by atoms with E-state index in [2.05, 4.69) is 15.4 Å². The lowest BCUT2D eigenvalue weighted by Gasteiger charge is -2.14. The van der Waals surface area contributed by atoms with Crippen LogP contribution in [0.2, 0.25) is 0 Å². The number of aromatic nitrogens is 3. The number of ether oxygens (including phenoxy) is 4. The van der Waals surface area contributed by atoms with E-state index < -0.39 is 5.91 Å². The highest BCUT2D eigenvalue weighted by molar-refractivity contribution is 5.98. The van der Waals surface area contributed by atoms with Crippen LogP contribution < -0.4 is 24.3 Å². The lowest BCUT2D eigenvalue weighted by molar-refractivity contribution is 0.0946. The van der Waals surface area contributed by atoms with Crippen LogP contribution >= 0.6 is 0 Å². The molecule has 0 aliphatic heterocycles. The molecule has 0 atom stereocenters. The SMILES string of the molecule is COc1ccc(-c2nc(NCc3ccccc3)n(C(=O)c3cc(OC)c(OC)c(OC)c3)n2)cc1. The van der Waals surface area contributed by atoms with Gasteiger partial charge in [-0.25, -0.2) is 0 Å². The van der Waals surface area contributed by atoms with Crippen LogP contribution in [-0.4, -0.2) is 49.1 Å². The van der Waals surface area contributed by atoms with E-state index in [1.807, 2.05) is 54.6 Å². The molecular weight excluding hydrogens is 448 g/mol. The first-order valence-corrected chi connectivity index (χ1v) is 10.8. The van der Waals surface area contributed by atoms with Crippen molar-refractivity contribution < 1.29 is 23.7 Å². The van der Waals surface area contributed by atoms with E-state index in [0.717, 1.165) is 11.1 Å². The summed E-state index contributed by atoms with van der Waals surface area (Å²) < 4.78 is 22.7. The Morgan fingerprint density at radius 2 is 1.51 bits per heavy atom. The first kappa shape index (κ1) is 23.6. The van der Waals surface area contributed by atoms with Gasteiger partial charge in [0.1, 0.15) is 5.75 Å². The maximum Gasteiger partial charge on any atom is 0.281 e. The molecule has 0 amide bonds. The molecule has 0 aliphatic carbocycles. The summed E-state index contributed by atoms with van der Waals surface area (Å²) in [6.07, 6.45) is 0. The molecule has 4 rings (SSSR count). The third-order valence-corrected chi connectivity index (χ3v) is 5.35. The Morgan fingerprint density at radius 3 is 2.09 bits per heavy atom. The van der Waals surface area contributed by atoms with Gasteiger partial charge in [-0.05, 0) is 42.0 Å². The number of methoxy groups -OCH3 is 4. The fourth-order valence-corrected chi connectivity index (χ4v) is 3.53. The molecule has 4 aromatic rings. The van der Waals surface area contributed by atoms with Crippen molar-refractivity contribution in [3.63, 3.8) is 0 Å². The molecule has 9 nitrogen and oxygen atoms in total. The van der Waals surface area contributed by atoms with Crippen molar-refractivity contribution in [1.29, 1.82) is 0 Å². The predicted octanol–water partition coefficient (Wildman–Crippen LogP) is 4.28. The molecule has 0 aliphatic rings. The minimum absolute atomic E-state index is 0.299. The van der Waals surface area contributed by atoms with Crippen molar-refractivity contribution in [3.05, 3.63) is 77.9 Å². The Balaban J connectivity index is 1.75. The van der Waals surface area contributed by atoms with E-state index in [9.17, 15) is 4.79 Å². The van der Waals surface area contributed by atoms with Crippen molar-refractivity contribution in [3.8, 4) is 34.4 Å². The van der Waals surface area contributed by atoms with Gasteiger partial charge in [0.15, 0.2) is 17.3 Å². The van der Waals surface area contributed by atoms with Crippen LogP contribution in [0, 0.1) is 0 Å². The number of benzene rings is 3. The van der Waals surface area contributed by atoms with E-state index in [1.54, 1.807) is 19.2 Å². The van der Waals surface area contributed by atoms with Crippen LogP contribution in [0.1, 0.15) is 15.9 Å². The van der Waals surface area contributed by atoms with Gasteiger partial charge in [0.05, 0.1) is 28.4 Å². The molecule has 180 valence electrons. The fourth-order valence-electron chi connectivity index (χ4n) is 3.53. The normalized spacial score (nSPS) is 10.5. The van der Waals surface area contributed by atoms with Crippen LogP contribution in [0.5, 0.6) is 23.0 Å². The first-order valence-electron chi connectivity index (χ1n) is 10.8. The lowest BCUT2D eigenvalue weighted by Crippen LogP contribution is -2.18. The number of carbonyl (C=O) groups is 1. The van der Waals surface area contributed by atoms with Gasteiger partial charge in [0, 0.05) is 17.7 Å². The summed E-state index contributed by atoms with van der Waals surface area (Å²) >= 11 is 0. The van der Waals surface area contributed by atoms with Crippen LogP contribution in [-0.2, 0) is 6.54 Å². The summed E-state index contributed by atoms with van der Waals surface area (Å²) in [6, 6.07) is 20.3. The van der Waals surface area contributed by atoms with Crippen molar-refractivity contribution in [1.82, 2.24) is 14.8 Å². The highest BCUT2D eigenvalue weighted by atomic mass is 16.5. The van der Waals surface area contributed by atoms with Crippen molar-refractivity contribution >= 4 is 11.9 Å². The molecule has 1 N–H and O–H groups in total. The van der Waals surface area contributed by atoms with Crippen molar-refractivity contribution in [2.24, 2.45) is 0 Å². The van der Waals surface area contributed by atoms with Crippen molar-refractivity contribution in [2.75, 3.05) is 33.8 Å². The Labute approximate surface area is 203 Å². The number of carbonyl (C=O) groups excluding carboxylic acids is 1. The number of rotatable bonds is 9. The zero-order chi connectivity index (χ0) is 24.8. The monoisotopic (exact) mass is 474 g/mol. The Kier molecular flexibility index (Phi) is 7.15. The Hall–Kier alpha value is -4.53. The van der Waals surface area contributed by atoms with Crippen LogP contribution in [0.4, 0.5) is 5.95 Å². The number of hydrogen-bond acceptors (Lipinski definition) is 8. The smallest absolute Gasteiger partial charge is 0.281 e. The van der Waals surface area contributed by atoms with Gasteiger partial charge in [-0.1, -0.05) is 30.3 Å². The van der Waals surface area contributed by atoms with E-state index in [0.29, 0.717) is 46.9 Å². The molecule has 0 saturated carbocycles. The zero-order valence-corrected chi connectivity index (χ0v) is 19.9. The first-order chi connectivity index (χ1) is 17.1. The summed E-state index contributed by atoms with van der Waals surface area (Å²) in [7, 11) is 6.10. The molecule has 1 heterocycles. The minimum Gasteiger partial charge on any atom is -0.497 e. The highest BCUT2D eigenvalue weighted by Crippen LogP contribution is 2.38. The molecule has 1 aromatic heterocycles. The largest absolute Gasteiger partial charge is 0.497 e. The van der Waals surface area contributed by atoms with Gasteiger partial charge in [0.2, 0.25) is 11.7 Å². The van der Waals surface area contributed by atoms with E-state index >= 15 is 0 Å². The molecule has 0 radical (unpaired) electrons. The van der Waals surface area contributed by atoms with Crippen molar-refractivity contribution in [2.45, 2.75) is 6.54 Å². The zero-order valence-electron chi connectivity index (χ0n) is 19.9. The Morgan fingerprint density at radius 1 is 0.857 bits per heavy atom. The van der Waals surface area contributed by atoms with Gasteiger partial charge < -0.3 is 24.3 Å². The summed E-state index contributed by atoms with van der Waals surface area (Å²) in [4.78, 5) is 18.2. The number of nitrogens with one attached hydrogen (secondary N) is 1. The summed E-state index contributed by atoms with van der Waals surface area (Å²) in [5.41, 5.74) is 2.08. The summed E-state index contributed by atoms with van der Waals surface area (Å²) in [5.74, 6) is 2.12. The van der Waals surface area contributed by atoms with E-state index in [4.69, 9.17) is 18.9 Å². The molecule has 0 saturated heterocycles. The molecule has 0 bridgehead atoms. The maximum atomic E-state index is 13.6. The maximum absolute atomic E-state index is 13.6. The average Bonchev–Trinajstić information content (AvgIpc) is 3.35. The van der Waals surface area contributed by atoms with Crippen LogP contribution in [0.25, 0.3) is 11.4 Å². The number of anilines is 1. The van der Waals surface area contributed by atoms with Crippen LogP contribution in [0.3, 0.4) is 0 Å². The standard InChI is InChI=1S/C26H26N4O5/c1-32-20-12-10-18(11-13-20)24-28-26(27-16-17-8-6-5-7-9-17)30(29-24)25(31)19-14-21(33-2)23(35-4)22(15-19)34-3/h5-15H,16H2,1-4H3,(H,27,28,29). The quantitative estimate of drug-likeness (QED) is 0.384. The highest BCUT2D eigenvalue weighted by Gasteiger charge is 2.22. The summed E-state index contributed by atoms with van der Waals surface area (Å²) in [6.45, 7) is 0.462. The van der Waals surface area contributed by atoms with E-state index in [1.165, 1.54) is 26.0 Å². The van der Waals surface area contributed by atoms with Gasteiger partial charge in [0.25, 0.3) is 5.91 Å². The third kappa shape index (κ3) is 5.03.